The molecular formula is C19H26N10O5S3. The predicted molar refractivity (Wildman–Crippen MR) is 138 cm³/mol. The summed E-state index contributed by atoms with van der Waals surface area (Å²) >= 11 is 3.59. The largest absolute Gasteiger partial charge is 0.481 e. The molecule has 4 heterocycles. The molecule has 2 fully saturated rings. The number of aliphatic carboxylic acids is 1. The molecule has 0 radical (unpaired) electrons. The van der Waals surface area contributed by atoms with Gasteiger partial charge in [-0.15, -0.1) is 33.3 Å². The fraction of sp³-hybridized carbons (Fsp3) is 0.526. The molecule has 2 unspecified atom stereocenters. The Kier molecular flexibility index (Phi) is 8.10. The van der Waals surface area contributed by atoms with Crippen molar-refractivity contribution >= 4 is 63.5 Å². The van der Waals surface area contributed by atoms with Gasteiger partial charge in [-0.05, 0) is 19.9 Å². The summed E-state index contributed by atoms with van der Waals surface area (Å²) in [6.45, 7) is 2.27. The van der Waals surface area contributed by atoms with Crippen LogP contribution in [0.3, 0.4) is 0 Å². The van der Waals surface area contributed by atoms with Crippen molar-refractivity contribution in [3.63, 3.8) is 0 Å². The quantitative estimate of drug-likeness (QED) is 0.0527. The molecule has 2 amide bonds. The predicted octanol–water partition coefficient (Wildman–Crippen LogP) is -1.33. The van der Waals surface area contributed by atoms with E-state index in [0.29, 0.717) is 23.9 Å². The Morgan fingerprint density at radius 2 is 2.22 bits per heavy atom. The van der Waals surface area contributed by atoms with Crippen LogP contribution in [0, 0.1) is 12.3 Å². The number of nitrogens with zero attached hydrogens (tertiary/aromatic N) is 6. The van der Waals surface area contributed by atoms with E-state index in [2.05, 4.69) is 25.7 Å². The van der Waals surface area contributed by atoms with E-state index in [9.17, 15) is 19.5 Å². The van der Waals surface area contributed by atoms with Crippen molar-refractivity contribution in [2.45, 2.75) is 29.9 Å². The van der Waals surface area contributed by atoms with Crippen molar-refractivity contribution in [2.24, 2.45) is 16.3 Å². The minimum Gasteiger partial charge on any atom is -0.481 e. The second kappa shape index (κ2) is 11.1. The zero-order chi connectivity index (χ0) is 26.7. The zero-order valence-corrected chi connectivity index (χ0v) is 22.1. The van der Waals surface area contributed by atoms with Crippen LogP contribution >= 0.6 is 34.9 Å². The van der Waals surface area contributed by atoms with Crippen LogP contribution in [-0.4, -0.2) is 96.0 Å². The Morgan fingerprint density at radius 1 is 1.43 bits per heavy atom. The first kappa shape index (κ1) is 27.0. The van der Waals surface area contributed by atoms with E-state index in [1.165, 1.54) is 21.3 Å². The number of carboxylic acid groups (broad SMARTS) is 1. The average Bonchev–Trinajstić information content (AvgIpc) is 3.45. The molecule has 4 rings (SSSR count). The molecular weight excluding hydrogens is 544 g/mol. The summed E-state index contributed by atoms with van der Waals surface area (Å²) in [7, 11) is 0. The lowest BCUT2D eigenvalue weighted by molar-refractivity contribution is -0.157. The van der Waals surface area contributed by atoms with Crippen LogP contribution in [0.1, 0.15) is 17.9 Å². The Hall–Kier alpha value is -3.09. The number of oxime groups is 1. The molecule has 18 heteroatoms. The second-order valence-electron chi connectivity index (χ2n) is 8.38. The highest BCUT2D eigenvalue weighted by Gasteiger charge is 2.57. The van der Waals surface area contributed by atoms with Crippen molar-refractivity contribution in [3.05, 3.63) is 16.9 Å². The Labute approximate surface area is 223 Å². The number of nitrogens with two attached hydrogens (primary N) is 3. The Morgan fingerprint density at radius 3 is 2.84 bits per heavy atom. The van der Waals surface area contributed by atoms with Crippen molar-refractivity contribution in [3.8, 4) is 0 Å². The minimum absolute atomic E-state index is 0.0122. The molecule has 0 aliphatic carbocycles. The molecule has 2 aromatic rings. The number of nitrogen functional groups attached to an aromatic ring is 2. The maximum absolute atomic E-state index is 13.0. The van der Waals surface area contributed by atoms with Crippen LogP contribution in [0.15, 0.2) is 15.7 Å². The lowest BCUT2D eigenvalue weighted by atomic mass is 9.89. The van der Waals surface area contributed by atoms with Crippen LogP contribution in [0.4, 0.5) is 5.13 Å². The van der Waals surface area contributed by atoms with Crippen LogP contribution in [0.5, 0.6) is 0 Å². The fourth-order valence-electron chi connectivity index (χ4n) is 3.63. The van der Waals surface area contributed by atoms with Gasteiger partial charge in [0, 0.05) is 23.4 Å². The van der Waals surface area contributed by atoms with E-state index >= 15 is 0 Å². The van der Waals surface area contributed by atoms with E-state index in [1.54, 1.807) is 12.3 Å². The molecule has 0 bridgehead atoms. The standard InChI is InChI=1S/C19H26N10O5S3/c1-9-25-26-18(29(9)22)37-8-19(16(32)33)6-28-14(31)12(15(28)36-7-19)24-13(30)11(27-34-4-2-3-20)10-5-35-17(21)23-10/h5,12,15H,2-4,6-8,20,22H2,1H3,(H2,21,23)(H,24,30)(H,32,33)/t12?,15-,19?/m1/s1. The number of β-lactam (4-membered cyclic amide) rings is 1. The fourth-order valence-corrected chi connectivity index (χ4v) is 6.94. The topological polar surface area (TPSA) is 230 Å². The molecule has 0 spiro atoms. The molecule has 2 aromatic heterocycles. The van der Waals surface area contributed by atoms with E-state index in [0.717, 1.165) is 23.1 Å². The number of carboxylic acids is 1. The molecule has 8 N–H and O–H groups in total. The van der Waals surface area contributed by atoms with Gasteiger partial charge in [0.1, 0.15) is 35.0 Å². The number of carbonyl (C=O) groups excluding carboxylic acids is 2. The summed E-state index contributed by atoms with van der Waals surface area (Å²) in [6.07, 6.45) is 0.541. The number of hydrogen-bond acceptors (Lipinski definition) is 14. The highest BCUT2D eigenvalue weighted by molar-refractivity contribution is 8.00. The molecule has 15 nitrogen and oxygen atoms in total. The molecule has 2 aliphatic rings. The summed E-state index contributed by atoms with van der Waals surface area (Å²) in [5.41, 5.74) is 10.0. The number of thioether (sulfide) groups is 2. The highest BCUT2D eigenvalue weighted by Crippen LogP contribution is 2.44. The van der Waals surface area contributed by atoms with Gasteiger partial charge in [-0.2, -0.15) is 0 Å². The number of aryl methyl sites for hydroxylation is 1. The van der Waals surface area contributed by atoms with Crippen molar-refractivity contribution < 1.29 is 24.3 Å². The molecule has 37 heavy (non-hydrogen) atoms. The molecule has 0 aromatic carbocycles. The first-order chi connectivity index (χ1) is 17.7. The first-order valence-electron chi connectivity index (χ1n) is 11.0. The van der Waals surface area contributed by atoms with Gasteiger partial charge in [0.05, 0.1) is 0 Å². The molecule has 2 aliphatic heterocycles. The number of rotatable bonds is 11. The van der Waals surface area contributed by atoms with Crippen molar-refractivity contribution in [1.82, 2.24) is 30.1 Å². The van der Waals surface area contributed by atoms with Crippen LogP contribution < -0.4 is 22.6 Å². The Balaban J connectivity index is 1.42. The van der Waals surface area contributed by atoms with Gasteiger partial charge in [-0.25, -0.2) is 9.66 Å². The van der Waals surface area contributed by atoms with Gasteiger partial charge < -0.3 is 37.5 Å². The van der Waals surface area contributed by atoms with Gasteiger partial charge in [0.25, 0.3) is 5.91 Å². The third-order valence-electron chi connectivity index (χ3n) is 5.77. The van der Waals surface area contributed by atoms with Crippen LogP contribution in [-0.2, 0) is 19.2 Å². The average molecular weight is 571 g/mol. The van der Waals surface area contributed by atoms with E-state index in [4.69, 9.17) is 22.1 Å². The third kappa shape index (κ3) is 5.46. The summed E-state index contributed by atoms with van der Waals surface area (Å²) < 4.78 is 1.29. The number of thiazole rings is 1. The maximum Gasteiger partial charge on any atom is 0.313 e. The van der Waals surface area contributed by atoms with Crippen molar-refractivity contribution in [2.75, 3.05) is 42.8 Å². The van der Waals surface area contributed by atoms with Gasteiger partial charge in [-0.1, -0.05) is 16.9 Å². The van der Waals surface area contributed by atoms with Gasteiger partial charge in [0.2, 0.25) is 11.1 Å². The number of fused-ring (bicyclic) bond motifs is 1. The first-order valence-corrected chi connectivity index (χ1v) is 14.0. The number of hydrogen-bond donors (Lipinski definition) is 5. The van der Waals surface area contributed by atoms with E-state index < -0.39 is 28.7 Å². The minimum atomic E-state index is -1.22. The van der Waals surface area contributed by atoms with Gasteiger partial charge >= 0.3 is 5.97 Å². The molecule has 0 saturated carbocycles. The smallest absolute Gasteiger partial charge is 0.313 e. The lowest BCUT2D eigenvalue weighted by Gasteiger charge is -2.53. The monoisotopic (exact) mass is 570 g/mol. The highest BCUT2D eigenvalue weighted by atomic mass is 32.2. The lowest BCUT2D eigenvalue weighted by Crippen LogP contribution is -2.74. The number of anilines is 1. The summed E-state index contributed by atoms with van der Waals surface area (Å²) in [5, 5.41) is 26.2. The molecule has 2 saturated heterocycles. The SMILES string of the molecule is Cc1nnc(SCC2(C(=O)O)CS[C@@H]3C(NC(=O)C(=NOCCCN)c4csc(N)n4)C(=O)N3C2)n1N. The number of amides is 2. The van der Waals surface area contributed by atoms with Crippen LogP contribution in [0.25, 0.3) is 0 Å². The summed E-state index contributed by atoms with van der Waals surface area (Å²) in [5.74, 6) is 4.66. The molecule has 200 valence electrons. The second-order valence-corrected chi connectivity index (χ2v) is 11.3. The number of nitrogens with one attached hydrogen (secondary N) is 1. The number of carbonyl (C=O) groups is 3. The number of aromatic nitrogens is 4. The van der Waals surface area contributed by atoms with E-state index in [1.807, 2.05) is 0 Å². The van der Waals surface area contributed by atoms with E-state index in [-0.39, 0.29) is 47.1 Å². The van der Waals surface area contributed by atoms with Gasteiger partial charge in [0.15, 0.2) is 10.8 Å². The molecule has 3 atom stereocenters. The van der Waals surface area contributed by atoms with Gasteiger partial charge in [-0.3, -0.25) is 14.4 Å². The van der Waals surface area contributed by atoms with Crippen LogP contribution in [0.2, 0.25) is 0 Å². The summed E-state index contributed by atoms with van der Waals surface area (Å²) in [4.78, 5) is 49.0. The third-order valence-corrected chi connectivity index (χ3v) is 9.27. The zero-order valence-electron chi connectivity index (χ0n) is 19.7. The Bertz CT molecular complexity index is 1220. The normalized spacial score (nSPS) is 23.4. The summed E-state index contributed by atoms with van der Waals surface area (Å²) in [6, 6.07) is -0.850. The van der Waals surface area contributed by atoms with Crippen molar-refractivity contribution in [1.29, 1.82) is 0 Å². The maximum atomic E-state index is 13.0.